The molecule has 0 radical (unpaired) electrons. The molecule has 1 amide bonds. The lowest BCUT2D eigenvalue weighted by Crippen LogP contribution is -2.33. The SMILES string of the molecule is Cc1cc(SC(c2ccc(C(=O)NC/C(N)=N/N)s2)C(C)(C)C)cc(C)c1-c1ccc(C(F)(F)F)cc1. The Balaban J connectivity index is 1.86. The number of thiophene rings is 1. The fourth-order valence-electron chi connectivity index (χ4n) is 3.99. The monoisotopic (exact) mass is 548 g/mol. The first-order valence-electron chi connectivity index (χ1n) is 11.6. The van der Waals surface area contributed by atoms with Crippen LogP contribution in [0.15, 0.2) is 58.5 Å². The molecule has 5 N–H and O–H groups in total. The number of aryl methyl sites for hydroxylation is 2. The number of amides is 1. The average molecular weight is 549 g/mol. The van der Waals surface area contributed by atoms with Crippen molar-refractivity contribution >= 4 is 34.8 Å². The van der Waals surface area contributed by atoms with Gasteiger partial charge in [-0.15, -0.1) is 23.1 Å². The first kappa shape index (κ1) is 28.6. The molecule has 0 aliphatic carbocycles. The van der Waals surface area contributed by atoms with E-state index in [2.05, 4.69) is 43.3 Å². The number of amidine groups is 1. The summed E-state index contributed by atoms with van der Waals surface area (Å²) in [6.45, 7) is 10.5. The third kappa shape index (κ3) is 7.07. The highest BCUT2D eigenvalue weighted by Gasteiger charge is 2.31. The van der Waals surface area contributed by atoms with Crippen LogP contribution in [0.2, 0.25) is 0 Å². The summed E-state index contributed by atoms with van der Waals surface area (Å²) in [5.74, 6) is 5.01. The van der Waals surface area contributed by atoms with Crippen LogP contribution in [0.3, 0.4) is 0 Å². The Kier molecular flexibility index (Phi) is 8.64. The molecule has 1 atom stereocenters. The summed E-state index contributed by atoms with van der Waals surface area (Å²) < 4.78 is 39.0. The number of carbonyl (C=O) groups is 1. The molecule has 0 spiro atoms. The first-order valence-corrected chi connectivity index (χ1v) is 13.3. The summed E-state index contributed by atoms with van der Waals surface area (Å²) >= 11 is 3.14. The van der Waals surface area contributed by atoms with E-state index in [1.165, 1.54) is 23.5 Å². The highest BCUT2D eigenvalue weighted by molar-refractivity contribution is 7.99. The zero-order valence-electron chi connectivity index (χ0n) is 21.4. The molecule has 1 heterocycles. The fourth-order valence-corrected chi connectivity index (χ4v) is 6.74. The van der Waals surface area contributed by atoms with Gasteiger partial charge < -0.3 is 16.9 Å². The summed E-state index contributed by atoms with van der Waals surface area (Å²) in [4.78, 5) is 15.2. The molecule has 0 aliphatic rings. The molecule has 3 aromatic rings. The van der Waals surface area contributed by atoms with Gasteiger partial charge in [0.1, 0.15) is 5.84 Å². The lowest BCUT2D eigenvalue weighted by atomic mass is 9.91. The van der Waals surface area contributed by atoms with Crippen LogP contribution >= 0.6 is 23.1 Å². The van der Waals surface area contributed by atoms with Crippen LogP contribution in [-0.4, -0.2) is 18.3 Å². The largest absolute Gasteiger partial charge is 0.416 e. The Morgan fingerprint density at radius 3 is 2.16 bits per heavy atom. The minimum Gasteiger partial charge on any atom is -0.384 e. The van der Waals surface area contributed by atoms with Gasteiger partial charge in [0.2, 0.25) is 0 Å². The molecule has 10 heteroatoms. The van der Waals surface area contributed by atoms with Crippen molar-refractivity contribution in [3.8, 4) is 11.1 Å². The average Bonchev–Trinajstić information content (AvgIpc) is 3.29. The second kappa shape index (κ2) is 11.2. The van der Waals surface area contributed by atoms with Crippen molar-refractivity contribution in [3.05, 3.63) is 75.0 Å². The number of alkyl halides is 3. The molecule has 0 saturated carbocycles. The smallest absolute Gasteiger partial charge is 0.384 e. The van der Waals surface area contributed by atoms with Gasteiger partial charge in [-0.05, 0) is 77.9 Å². The molecule has 5 nitrogen and oxygen atoms in total. The number of nitrogens with one attached hydrogen (secondary N) is 1. The lowest BCUT2D eigenvalue weighted by molar-refractivity contribution is -0.137. The number of thioether (sulfide) groups is 1. The molecule has 2 aromatic carbocycles. The van der Waals surface area contributed by atoms with Crippen LogP contribution in [0.1, 0.15) is 57.3 Å². The number of hydrogen-bond donors (Lipinski definition) is 3. The zero-order valence-corrected chi connectivity index (χ0v) is 23.0. The molecule has 198 valence electrons. The second-order valence-corrected chi connectivity index (χ2v) is 12.2. The maximum absolute atomic E-state index is 13.0. The van der Waals surface area contributed by atoms with Crippen molar-refractivity contribution < 1.29 is 18.0 Å². The minimum absolute atomic E-state index is 0.0606. The number of benzene rings is 2. The van der Waals surface area contributed by atoms with Crippen molar-refractivity contribution in [1.82, 2.24) is 5.32 Å². The lowest BCUT2D eigenvalue weighted by Gasteiger charge is -2.30. The third-order valence-corrected chi connectivity index (χ3v) is 8.76. The predicted molar refractivity (Wildman–Crippen MR) is 147 cm³/mol. The van der Waals surface area contributed by atoms with Crippen LogP contribution in [0.25, 0.3) is 11.1 Å². The molecule has 0 saturated heterocycles. The van der Waals surface area contributed by atoms with Gasteiger partial charge in [0.25, 0.3) is 5.91 Å². The molecule has 1 aromatic heterocycles. The number of carbonyl (C=O) groups excluding carboxylic acids is 1. The Labute approximate surface area is 223 Å². The zero-order chi connectivity index (χ0) is 27.5. The molecule has 0 fully saturated rings. The van der Waals surface area contributed by atoms with Gasteiger partial charge in [-0.3, -0.25) is 4.79 Å². The van der Waals surface area contributed by atoms with Crippen molar-refractivity contribution in [1.29, 1.82) is 0 Å². The number of nitrogens with two attached hydrogens (primary N) is 2. The summed E-state index contributed by atoms with van der Waals surface area (Å²) in [6.07, 6.45) is -4.36. The van der Waals surface area contributed by atoms with E-state index < -0.39 is 11.7 Å². The normalized spacial score (nSPS) is 13.5. The van der Waals surface area contributed by atoms with E-state index in [0.717, 1.165) is 44.2 Å². The summed E-state index contributed by atoms with van der Waals surface area (Å²) in [5, 5.41) is 6.12. The molecule has 1 unspecified atom stereocenters. The van der Waals surface area contributed by atoms with Crippen molar-refractivity contribution in [2.24, 2.45) is 22.1 Å². The van der Waals surface area contributed by atoms with Gasteiger partial charge >= 0.3 is 6.18 Å². The second-order valence-electron chi connectivity index (χ2n) is 9.88. The van der Waals surface area contributed by atoms with Gasteiger partial charge in [-0.2, -0.15) is 18.3 Å². The van der Waals surface area contributed by atoms with Gasteiger partial charge in [-0.1, -0.05) is 32.9 Å². The van der Waals surface area contributed by atoms with Gasteiger partial charge in [0, 0.05) is 15.0 Å². The number of rotatable bonds is 7. The number of halogens is 3. The van der Waals surface area contributed by atoms with Gasteiger partial charge in [-0.25, -0.2) is 0 Å². The highest BCUT2D eigenvalue weighted by atomic mass is 32.2. The molecular weight excluding hydrogens is 517 g/mol. The van der Waals surface area contributed by atoms with Crippen molar-refractivity contribution in [2.75, 3.05) is 6.54 Å². The van der Waals surface area contributed by atoms with E-state index in [9.17, 15) is 18.0 Å². The van der Waals surface area contributed by atoms with Crippen molar-refractivity contribution in [3.63, 3.8) is 0 Å². The van der Waals surface area contributed by atoms with Gasteiger partial charge in [0.05, 0.1) is 17.0 Å². The van der Waals surface area contributed by atoms with Crippen LogP contribution < -0.4 is 16.9 Å². The standard InChI is InChI=1S/C27H31F3N4OS2/c1-15-12-19(13-16(2)23(15)17-6-8-18(9-7-17)27(28,29)30)36-24(26(3,4)5)20-10-11-21(37-20)25(35)33-14-22(31)34-32/h6-13,24H,14,32H2,1-5H3,(H2,31,34)(H,33,35). The Hall–Kier alpha value is -2.98. The van der Waals surface area contributed by atoms with E-state index in [4.69, 9.17) is 11.6 Å². The number of hydrazone groups is 1. The Bertz CT molecular complexity index is 1270. The Morgan fingerprint density at radius 2 is 1.65 bits per heavy atom. The van der Waals surface area contributed by atoms with E-state index >= 15 is 0 Å². The topological polar surface area (TPSA) is 93.5 Å². The first-order chi connectivity index (χ1) is 17.2. The molecule has 0 bridgehead atoms. The van der Waals surface area contributed by atoms with Crippen LogP contribution in [0.4, 0.5) is 13.2 Å². The molecule has 37 heavy (non-hydrogen) atoms. The molecule has 0 aliphatic heterocycles. The quantitative estimate of drug-likeness (QED) is 0.0985. The predicted octanol–water partition coefficient (Wildman–Crippen LogP) is 6.89. The highest BCUT2D eigenvalue weighted by Crippen LogP contribution is 2.50. The number of nitrogens with zero attached hydrogens (tertiary/aromatic N) is 1. The Morgan fingerprint density at radius 1 is 1.05 bits per heavy atom. The van der Waals surface area contributed by atoms with Crippen LogP contribution in [-0.2, 0) is 6.18 Å². The van der Waals surface area contributed by atoms with E-state index in [-0.39, 0.29) is 29.0 Å². The fraction of sp³-hybridized carbons (Fsp3) is 0.333. The number of hydrogen-bond acceptors (Lipinski definition) is 5. The van der Waals surface area contributed by atoms with E-state index in [1.807, 2.05) is 19.9 Å². The minimum atomic E-state index is -4.36. The maximum atomic E-state index is 13.0. The molecular formula is C27H31F3N4OS2. The van der Waals surface area contributed by atoms with Crippen molar-refractivity contribution in [2.45, 2.75) is 50.9 Å². The summed E-state index contributed by atoms with van der Waals surface area (Å²) in [6, 6.07) is 13.2. The van der Waals surface area contributed by atoms with Crippen LogP contribution in [0.5, 0.6) is 0 Å². The van der Waals surface area contributed by atoms with Gasteiger partial charge in [0.15, 0.2) is 0 Å². The van der Waals surface area contributed by atoms with E-state index in [1.54, 1.807) is 17.8 Å². The van der Waals surface area contributed by atoms with Crippen LogP contribution in [0, 0.1) is 19.3 Å². The maximum Gasteiger partial charge on any atom is 0.416 e. The van der Waals surface area contributed by atoms with E-state index in [0.29, 0.717) is 4.88 Å². The molecule has 3 rings (SSSR count). The third-order valence-electron chi connectivity index (χ3n) is 5.75. The summed E-state index contributed by atoms with van der Waals surface area (Å²) in [7, 11) is 0. The summed E-state index contributed by atoms with van der Waals surface area (Å²) in [5.41, 5.74) is 8.43.